The standard InChI is InChI=1S/C11H22OSi.C10H20OSi.C6H15ClSi.C4H6O.C4H9.CH3I.Li/c1-7-8-9-10-12-13(5,6)11(2,3)4;1-7-8-9-11-12(5,6)10(2,3)4;1-6(2,3)8(4,5)7;1-2-3-4-5;1-3-4-2;1-2;/h9-10H2,1-6H3;1H,8-9H2,2-6H3;1-5H3;1,5H,3-4H2;1,3-4H2,2H3;1H3;/q;;;;-1;;+1. The van der Waals surface area contributed by atoms with Crippen molar-refractivity contribution in [3.8, 4) is 36.5 Å². The molecule has 1 N–H and O–H groups in total. The predicted octanol–water partition coefficient (Wildman–Crippen LogP) is 9.36. The van der Waals surface area contributed by atoms with Gasteiger partial charge in [0.25, 0.3) is 0 Å². The third-order valence-electron chi connectivity index (χ3n) is 7.58. The molecule has 0 aliphatic rings. The van der Waals surface area contributed by atoms with Gasteiger partial charge in [-0.15, -0.1) is 36.5 Å². The molecule has 0 aromatic carbocycles. The van der Waals surface area contributed by atoms with Crippen molar-refractivity contribution in [1.82, 2.24) is 0 Å². The van der Waals surface area contributed by atoms with Gasteiger partial charge in [-0.3, -0.25) is 0 Å². The molecule has 9 heteroatoms. The summed E-state index contributed by atoms with van der Waals surface area (Å²) in [6, 6.07) is 0. The van der Waals surface area contributed by atoms with Gasteiger partial charge in [-0.1, -0.05) is 111 Å². The van der Waals surface area contributed by atoms with Crippen LogP contribution in [0, 0.1) is 43.5 Å². The van der Waals surface area contributed by atoms with E-state index in [1.165, 1.54) is 6.42 Å². The number of alkyl halides is 1. The van der Waals surface area contributed by atoms with Crippen LogP contribution in [0.1, 0.15) is 108 Å². The van der Waals surface area contributed by atoms with Gasteiger partial charge in [-0.05, 0) is 53.2 Å². The van der Waals surface area contributed by atoms with Crippen molar-refractivity contribution in [2.24, 2.45) is 0 Å². The fraction of sp³-hybridized carbons (Fsp3) is 0.806. The number of hydrogen-bond donors (Lipinski definition) is 1. The van der Waals surface area contributed by atoms with Gasteiger partial charge in [0.15, 0.2) is 24.0 Å². The topological polar surface area (TPSA) is 38.7 Å². The zero-order chi connectivity index (χ0) is 36.9. The molecule has 0 heterocycles. The van der Waals surface area contributed by atoms with Crippen LogP contribution in [0.3, 0.4) is 0 Å². The summed E-state index contributed by atoms with van der Waals surface area (Å²) in [4.78, 5) is 1.97. The maximum absolute atomic E-state index is 7.92. The van der Waals surface area contributed by atoms with Crippen LogP contribution in [0.5, 0.6) is 0 Å². The van der Waals surface area contributed by atoms with E-state index in [9.17, 15) is 0 Å². The van der Waals surface area contributed by atoms with Gasteiger partial charge in [-0.25, -0.2) is 0 Å². The van der Waals surface area contributed by atoms with Crippen molar-refractivity contribution in [1.29, 1.82) is 0 Å². The first-order valence-electron chi connectivity index (χ1n) is 15.7. The molecule has 0 atom stereocenters. The molecular formula is C36H75ClILiO3Si3. The van der Waals surface area contributed by atoms with Crippen molar-refractivity contribution in [3.63, 3.8) is 0 Å². The zero-order valence-electron chi connectivity index (χ0n) is 33.5. The normalized spacial score (nSPS) is 10.9. The van der Waals surface area contributed by atoms with E-state index in [-0.39, 0.29) is 25.5 Å². The van der Waals surface area contributed by atoms with E-state index in [0.29, 0.717) is 28.1 Å². The van der Waals surface area contributed by atoms with E-state index < -0.39 is 24.0 Å². The Morgan fingerprint density at radius 3 is 1.18 bits per heavy atom. The first kappa shape index (κ1) is 61.1. The van der Waals surface area contributed by atoms with E-state index in [2.05, 4.69) is 162 Å². The van der Waals surface area contributed by atoms with Crippen LogP contribution in [-0.2, 0) is 8.85 Å². The first-order valence-corrected chi connectivity index (χ1v) is 27.7. The molecule has 0 unspecified atom stereocenters. The summed E-state index contributed by atoms with van der Waals surface area (Å²) in [7, 11) is -4.45. The Bertz CT molecular complexity index is 771. The summed E-state index contributed by atoms with van der Waals surface area (Å²) in [5.41, 5.74) is 0. The molecule has 0 saturated heterocycles. The van der Waals surface area contributed by atoms with Crippen molar-refractivity contribution < 1.29 is 32.8 Å². The maximum atomic E-state index is 7.92. The van der Waals surface area contributed by atoms with Crippen LogP contribution in [0.4, 0.5) is 0 Å². The van der Waals surface area contributed by atoms with Gasteiger partial charge in [0.05, 0.1) is 6.61 Å². The van der Waals surface area contributed by atoms with E-state index in [1.807, 2.05) is 11.9 Å². The SMILES string of the molecule is C#CCCO.C#CCCO[Si](C)(C)C(C)(C)C.CC#CCCO[Si](C)(C)C(C)(C)C.CC(C)(C)[Si](C)(C)Cl.CI.[CH2-]CCC.[Li+]. The number of unbranched alkanes of at least 4 members (excludes halogenated alkanes) is 1. The largest absolute Gasteiger partial charge is 1.00 e. The van der Waals surface area contributed by atoms with Gasteiger partial charge >= 0.3 is 18.9 Å². The van der Waals surface area contributed by atoms with Crippen molar-refractivity contribution >= 4 is 57.7 Å². The Morgan fingerprint density at radius 1 is 0.733 bits per heavy atom. The number of terminal acetylenes is 2. The summed E-state index contributed by atoms with van der Waals surface area (Å²) in [6.07, 6.45) is 14.2. The van der Waals surface area contributed by atoms with Gasteiger partial charge in [-0.2, -0.15) is 17.5 Å². The Hall–Kier alpha value is 0.828. The monoisotopic (exact) mass is 808 g/mol. The smallest absolute Gasteiger partial charge is 0.416 e. The molecule has 0 aliphatic heterocycles. The van der Waals surface area contributed by atoms with Gasteiger partial charge < -0.3 is 20.9 Å². The second-order valence-electron chi connectivity index (χ2n) is 14.6. The summed E-state index contributed by atoms with van der Waals surface area (Å²) in [5.74, 6) is 10.8. The predicted molar refractivity (Wildman–Crippen MR) is 222 cm³/mol. The Labute approximate surface area is 319 Å². The van der Waals surface area contributed by atoms with Crippen LogP contribution < -0.4 is 18.9 Å². The Balaban J connectivity index is -0.0000000831. The number of aliphatic hydroxyl groups is 1. The van der Waals surface area contributed by atoms with Gasteiger partial charge in [0.1, 0.15) is 0 Å². The van der Waals surface area contributed by atoms with Gasteiger partial charge in [0.2, 0.25) is 0 Å². The molecule has 0 bridgehead atoms. The summed E-state index contributed by atoms with van der Waals surface area (Å²) >= 11 is 8.30. The molecule has 0 fully saturated rings. The summed E-state index contributed by atoms with van der Waals surface area (Å²) in [5, 5.41) is 8.87. The molecule has 0 saturated carbocycles. The molecular weight excluding hydrogens is 734 g/mol. The van der Waals surface area contributed by atoms with E-state index in [1.54, 1.807) is 0 Å². The molecule has 0 aliphatic carbocycles. The minimum atomic E-state index is -1.54. The Kier molecular flexibility index (Phi) is 45.2. The fourth-order valence-electron chi connectivity index (χ4n) is 1.34. The second-order valence-corrected chi connectivity index (χ2v) is 31.5. The number of halogens is 2. The van der Waals surface area contributed by atoms with Gasteiger partial charge in [0, 0.05) is 32.5 Å². The molecule has 264 valence electrons. The molecule has 0 radical (unpaired) electrons. The maximum Gasteiger partial charge on any atom is 1.00 e. The van der Waals surface area contributed by atoms with Crippen molar-refractivity contribution in [3.05, 3.63) is 6.92 Å². The molecule has 0 aromatic heterocycles. The molecule has 3 nitrogen and oxygen atoms in total. The van der Waals surface area contributed by atoms with Crippen LogP contribution in [-0.4, -0.2) is 53.9 Å². The minimum absolute atomic E-state index is 0. The fourth-order valence-corrected chi connectivity index (χ4v) is 3.44. The number of aliphatic hydroxyl groups excluding tert-OH is 1. The Morgan fingerprint density at radius 2 is 1.02 bits per heavy atom. The van der Waals surface area contributed by atoms with Crippen LogP contribution in [0.25, 0.3) is 0 Å². The average molecular weight is 810 g/mol. The van der Waals surface area contributed by atoms with Crippen LogP contribution >= 0.6 is 33.7 Å². The summed E-state index contributed by atoms with van der Waals surface area (Å²) < 4.78 is 11.8. The number of rotatable bonds is 8. The molecule has 45 heavy (non-hydrogen) atoms. The van der Waals surface area contributed by atoms with Crippen LogP contribution in [0.2, 0.25) is 54.4 Å². The minimum Gasteiger partial charge on any atom is -0.416 e. The average Bonchev–Trinajstić information content (AvgIpc) is 2.87. The summed E-state index contributed by atoms with van der Waals surface area (Å²) in [6.45, 7) is 42.6. The van der Waals surface area contributed by atoms with E-state index in [0.717, 1.165) is 25.9 Å². The second kappa shape index (κ2) is 33.3. The molecule has 0 rings (SSSR count). The molecule has 0 spiro atoms. The third-order valence-corrected chi connectivity index (χ3v) is 21.9. The quantitative estimate of drug-likeness (QED) is 0.0506. The van der Waals surface area contributed by atoms with Crippen LogP contribution in [0.15, 0.2) is 0 Å². The third kappa shape index (κ3) is 42.8. The molecule has 0 amide bonds. The van der Waals surface area contributed by atoms with Crippen molar-refractivity contribution in [2.75, 3.05) is 24.8 Å². The van der Waals surface area contributed by atoms with E-state index >= 15 is 0 Å². The van der Waals surface area contributed by atoms with E-state index in [4.69, 9.17) is 37.9 Å². The number of hydrogen-bond acceptors (Lipinski definition) is 3. The molecule has 0 aromatic rings. The zero-order valence-corrected chi connectivity index (χ0v) is 39.5. The van der Waals surface area contributed by atoms with Crippen molar-refractivity contribution in [2.45, 2.75) is 163 Å². The first-order chi connectivity index (χ1) is 19.7.